The number of rotatable bonds is 8. The molecule has 0 bridgehead atoms. The zero-order valence-electron chi connectivity index (χ0n) is 24.9. The summed E-state index contributed by atoms with van der Waals surface area (Å²) in [7, 11) is 0. The number of aryl methyl sites for hydroxylation is 1. The molecule has 0 radical (unpaired) electrons. The highest BCUT2D eigenvalue weighted by molar-refractivity contribution is 6.46. The van der Waals surface area contributed by atoms with E-state index in [4.69, 9.17) is 9.47 Å². The molecule has 220 valence electrons. The van der Waals surface area contributed by atoms with E-state index in [-0.39, 0.29) is 16.7 Å². The van der Waals surface area contributed by atoms with Gasteiger partial charge in [0.1, 0.15) is 18.1 Å². The Balaban J connectivity index is 1.44. The summed E-state index contributed by atoms with van der Waals surface area (Å²) in [5, 5.41) is 11.5. The van der Waals surface area contributed by atoms with Gasteiger partial charge in [0, 0.05) is 31.7 Å². The Hall–Kier alpha value is -3.94. The average Bonchev–Trinajstić information content (AvgIpc) is 3.24. The molecule has 2 saturated heterocycles. The van der Waals surface area contributed by atoms with Crippen LogP contribution in [-0.4, -0.2) is 66.0 Å². The predicted molar refractivity (Wildman–Crippen MR) is 163 cm³/mol. The molecule has 2 fully saturated rings. The first-order chi connectivity index (χ1) is 20.1. The van der Waals surface area contributed by atoms with Crippen LogP contribution in [0.3, 0.4) is 0 Å². The maximum absolute atomic E-state index is 13.5. The smallest absolute Gasteiger partial charge is 0.295 e. The van der Waals surface area contributed by atoms with E-state index < -0.39 is 17.7 Å². The number of morpholine rings is 1. The van der Waals surface area contributed by atoms with E-state index in [0.717, 1.165) is 35.3 Å². The van der Waals surface area contributed by atoms with Crippen molar-refractivity contribution >= 4 is 17.4 Å². The summed E-state index contributed by atoms with van der Waals surface area (Å²) in [5.74, 6) is -0.792. The number of Topliss-reactive ketones (excluding diaryl/α,β-unsaturated/α-hetero) is 1. The second-order valence-electron chi connectivity index (χ2n) is 12.1. The number of nitrogens with zero attached hydrogens (tertiary/aromatic N) is 2. The van der Waals surface area contributed by atoms with Crippen molar-refractivity contribution in [2.75, 3.05) is 39.4 Å². The lowest BCUT2D eigenvalue weighted by Crippen LogP contribution is -2.42. The molecule has 0 aliphatic carbocycles. The van der Waals surface area contributed by atoms with Crippen molar-refractivity contribution in [3.05, 3.63) is 106 Å². The van der Waals surface area contributed by atoms with Gasteiger partial charge in [-0.3, -0.25) is 14.5 Å². The van der Waals surface area contributed by atoms with Gasteiger partial charge < -0.3 is 19.5 Å². The van der Waals surface area contributed by atoms with E-state index in [9.17, 15) is 14.7 Å². The first-order valence-electron chi connectivity index (χ1n) is 14.6. The van der Waals surface area contributed by atoms with E-state index in [1.54, 1.807) is 29.2 Å². The van der Waals surface area contributed by atoms with Crippen LogP contribution in [0, 0.1) is 6.92 Å². The highest BCUT2D eigenvalue weighted by Crippen LogP contribution is 2.40. The minimum absolute atomic E-state index is 0.0420. The van der Waals surface area contributed by atoms with E-state index in [0.29, 0.717) is 44.2 Å². The van der Waals surface area contributed by atoms with Gasteiger partial charge in [-0.25, -0.2) is 0 Å². The maximum atomic E-state index is 13.5. The summed E-state index contributed by atoms with van der Waals surface area (Å²) >= 11 is 0. The number of ether oxygens (including phenoxy) is 2. The van der Waals surface area contributed by atoms with E-state index in [2.05, 4.69) is 25.7 Å². The molecular formula is C35H40N2O5. The van der Waals surface area contributed by atoms with Crippen LogP contribution in [0.5, 0.6) is 5.75 Å². The fourth-order valence-electron chi connectivity index (χ4n) is 5.49. The topological polar surface area (TPSA) is 79.3 Å². The first-order valence-corrected chi connectivity index (χ1v) is 14.6. The minimum Gasteiger partial charge on any atom is -0.507 e. The molecule has 2 aliphatic heterocycles. The Labute approximate surface area is 248 Å². The van der Waals surface area contributed by atoms with Crippen molar-refractivity contribution < 1.29 is 24.2 Å². The molecule has 7 nitrogen and oxygen atoms in total. The molecule has 1 N–H and O–H groups in total. The average molecular weight is 569 g/mol. The Morgan fingerprint density at radius 1 is 0.929 bits per heavy atom. The normalized spacial score (nSPS) is 19.3. The van der Waals surface area contributed by atoms with Crippen molar-refractivity contribution in [2.45, 2.75) is 45.8 Å². The second-order valence-corrected chi connectivity index (χ2v) is 12.1. The Bertz CT molecular complexity index is 1450. The maximum Gasteiger partial charge on any atom is 0.295 e. The van der Waals surface area contributed by atoms with Gasteiger partial charge in [0.05, 0.1) is 24.8 Å². The summed E-state index contributed by atoms with van der Waals surface area (Å²) in [6.07, 6.45) is 0. The highest BCUT2D eigenvalue weighted by atomic mass is 16.5. The van der Waals surface area contributed by atoms with Crippen LogP contribution >= 0.6 is 0 Å². The van der Waals surface area contributed by atoms with Gasteiger partial charge in [0.2, 0.25) is 0 Å². The van der Waals surface area contributed by atoms with Gasteiger partial charge in [-0.15, -0.1) is 0 Å². The molecule has 7 heteroatoms. The number of carbonyl (C=O) groups is 2. The third-order valence-electron chi connectivity index (χ3n) is 8.18. The SMILES string of the molecule is Cc1ccccc1COc1ccc(C(O)=C2C(=O)C(=O)N(CCN3CCOCC3)C2c2ccc(C(C)(C)C)cc2)cc1. The van der Waals surface area contributed by atoms with Gasteiger partial charge in [-0.05, 0) is 58.9 Å². The summed E-state index contributed by atoms with van der Waals surface area (Å²) < 4.78 is 11.4. The lowest BCUT2D eigenvalue weighted by Gasteiger charge is -2.31. The van der Waals surface area contributed by atoms with Crippen LogP contribution in [0.4, 0.5) is 0 Å². The molecule has 1 unspecified atom stereocenters. The number of benzene rings is 3. The largest absolute Gasteiger partial charge is 0.507 e. The zero-order valence-corrected chi connectivity index (χ0v) is 24.9. The van der Waals surface area contributed by atoms with Crippen molar-refractivity contribution in [1.29, 1.82) is 0 Å². The number of aliphatic hydroxyl groups is 1. The van der Waals surface area contributed by atoms with Crippen molar-refractivity contribution in [3.8, 4) is 5.75 Å². The van der Waals surface area contributed by atoms with Crippen molar-refractivity contribution in [2.24, 2.45) is 0 Å². The van der Waals surface area contributed by atoms with E-state index in [1.165, 1.54) is 0 Å². The number of likely N-dealkylation sites (tertiary alicyclic amines) is 1. The zero-order chi connectivity index (χ0) is 29.9. The summed E-state index contributed by atoms with van der Waals surface area (Å²) in [6, 6.07) is 22.4. The van der Waals surface area contributed by atoms with Gasteiger partial charge in [-0.2, -0.15) is 0 Å². The standard InChI is InChI=1S/C35H40N2O5/c1-24-7-5-6-8-27(24)23-42-29-15-11-26(12-16-29)32(38)30-31(25-9-13-28(14-10-25)35(2,3)4)37(34(40)33(30)39)18-17-36-19-21-41-22-20-36/h5-16,31,38H,17-23H2,1-4H3. The quantitative estimate of drug-likeness (QED) is 0.216. The molecular weight excluding hydrogens is 528 g/mol. The lowest BCUT2D eigenvalue weighted by molar-refractivity contribution is -0.140. The summed E-state index contributed by atoms with van der Waals surface area (Å²) in [6.45, 7) is 12.8. The molecule has 1 atom stereocenters. The Kier molecular flexibility index (Phi) is 8.80. The molecule has 2 heterocycles. The van der Waals surface area contributed by atoms with Crippen molar-refractivity contribution in [1.82, 2.24) is 9.80 Å². The van der Waals surface area contributed by atoms with Gasteiger partial charge in [0.15, 0.2) is 0 Å². The van der Waals surface area contributed by atoms with Gasteiger partial charge >= 0.3 is 0 Å². The molecule has 42 heavy (non-hydrogen) atoms. The van der Waals surface area contributed by atoms with Crippen LogP contribution in [0.1, 0.15) is 54.6 Å². The van der Waals surface area contributed by atoms with Crippen LogP contribution in [-0.2, 0) is 26.3 Å². The summed E-state index contributed by atoms with van der Waals surface area (Å²) in [4.78, 5) is 30.7. The fraction of sp³-hybridized carbons (Fsp3) is 0.371. The number of hydrogen-bond acceptors (Lipinski definition) is 6. The van der Waals surface area contributed by atoms with Crippen molar-refractivity contribution in [3.63, 3.8) is 0 Å². The molecule has 2 aliphatic rings. The number of ketones is 1. The van der Waals surface area contributed by atoms with Crippen LogP contribution in [0.25, 0.3) is 5.76 Å². The highest BCUT2D eigenvalue weighted by Gasteiger charge is 2.46. The molecule has 0 spiro atoms. The number of aliphatic hydroxyl groups excluding tert-OH is 1. The number of carbonyl (C=O) groups excluding carboxylic acids is 2. The molecule has 1 amide bonds. The van der Waals surface area contributed by atoms with Crippen LogP contribution in [0.15, 0.2) is 78.4 Å². The molecule has 3 aromatic rings. The Morgan fingerprint density at radius 2 is 1.60 bits per heavy atom. The number of hydrogen-bond donors (Lipinski definition) is 1. The molecule has 0 aromatic heterocycles. The van der Waals surface area contributed by atoms with Crippen LogP contribution < -0.4 is 4.74 Å². The minimum atomic E-state index is -0.683. The number of amides is 1. The third-order valence-corrected chi connectivity index (χ3v) is 8.18. The fourth-order valence-corrected chi connectivity index (χ4v) is 5.49. The molecule has 0 saturated carbocycles. The third kappa shape index (κ3) is 6.42. The monoisotopic (exact) mass is 568 g/mol. The van der Waals surface area contributed by atoms with E-state index >= 15 is 0 Å². The van der Waals surface area contributed by atoms with Gasteiger partial charge in [-0.1, -0.05) is 69.3 Å². The van der Waals surface area contributed by atoms with Gasteiger partial charge in [0.25, 0.3) is 11.7 Å². The lowest BCUT2D eigenvalue weighted by atomic mass is 9.85. The Morgan fingerprint density at radius 3 is 2.24 bits per heavy atom. The second kappa shape index (κ2) is 12.5. The van der Waals surface area contributed by atoms with E-state index in [1.807, 2.05) is 55.5 Å². The van der Waals surface area contributed by atoms with Crippen LogP contribution in [0.2, 0.25) is 0 Å². The first kappa shape index (κ1) is 29.5. The summed E-state index contributed by atoms with van der Waals surface area (Å²) in [5.41, 5.74) is 4.72. The molecule has 3 aromatic carbocycles. The predicted octanol–water partition coefficient (Wildman–Crippen LogP) is 5.63. The molecule has 5 rings (SSSR count).